The molecule has 1 saturated heterocycles. The molecule has 0 aromatic heterocycles. The molecular weight excluding hydrogens is 218 g/mol. The van der Waals surface area contributed by atoms with E-state index in [1.54, 1.807) is 0 Å². The quantitative estimate of drug-likeness (QED) is 0.851. The van der Waals surface area contributed by atoms with Gasteiger partial charge in [0.2, 0.25) is 0 Å². The predicted molar refractivity (Wildman–Crippen MR) is 66.9 cm³/mol. The van der Waals surface area contributed by atoms with Crippen LogP contribution < -0.4 is 5.32 Å². The summed E-state index contributed by atoms with van der Waals surface area (Å²) >= 11 is 1.96. The smallest absolute Gasteiger partial charge is 0.0619 e. The van der Waals surface area contributed by atoms with Crippen LogP contribution in [0.1, 0.15) is 24.4 Å². The third-order valence-electron chi connectivity index (χ3n) is 3.30. The maximum absolute atomic E-state index is 5.51. The van der Waals surface area contributed by atoms with Gasteiger partial charge in [-0.15, -0.1) is 11.8 Å². The van der Waals surface area contributed by atoms with Gasteiger partial charge in [0, 0.05) is 29.3 Å². The monoisotopic (exact) mass is 235 g/mol. The van der Waals surface area contributed by atoms with Crippen molar-refractivity contribution in [2.45, 2.75) is 29.8 Å². The molecule has 3 rings (SSSR count). The molecule has 0 amide bonds. The van der Waals surface area contributed by atoms with Gasteiger partial charge in [-0.05, 0) is 24.5 Å². The lowest BCUT2D eigenvalue weighted by molar-refractivity contribution is 0.0673. The van der Waals surface area contributed by atoms with Crippen LogP contribution in [-0.4, -0.2) is 25.0 Å². The minimum atomic E-state index is 0.521. The highest BCUT2D eigenvalue weighted by Gasteiger charge is 2.25. The van der Waals surface area contributed by atoms with Gasteiger partial charge < -0.3 is 10.1 Å². The molecule has 2 unspecified atom stereocenters. The number of nitrogens with one attached hydrogen (secondary N) is 1. The van der Waals surface area contributed by atoms with Crippen LogP contribution in [0.15, 0.2) is 29.2 Å². The van der Waals surface area contributed by atoms with Crippen molar-refractivity contribution >= 4 is 11.8 Å². The van der Waals surface area contributed by atoms with Crippen molar-refractivity contribution in [2.75, 3.05) is 19.0 Å². The van der Waals surface area contributed by atoms with Gasteiger partial charge in [-0.1, -0.05) is 18.2 Å². The predicted octanol–water partition coefficient (Wildman–Crippen LogP) is 2.60. The first-order chi connectivity index (χ1) is 7.93. The molecule has 2 heterocycles. The lowest BCUT2D eigenvalue weighted by Gasteiger charge is -2.26. The Morgan fingerprint density at radius 2 is 2.25 bits per heavy atom. The van der Waals surface area contributed by atoms with Crippen LogP contribution >= 0.6 is 11.8 Å². The SMILES string of the molecule is c1ccc2c(c1)SCC2NC1CCCOC1. The van der Waals surface area contributed by atoms with E-state index in [2.05, 4.69) is 29.6 Å². The molecule has 1 fully saturated rings. The second-order valence-electron chi connectivity index (χ2n) is 4.48. The molecule has 2 aliphatic heterocycles. The van der Waals surface area contributed by atoms with Crippen LogP contribution in [0.25, 0.3) is 0 Å². The average Bonchev–Trinajstić information content (AvgIpc) is 2.74. The Hall–Kier alpha value is -0.510. The number of hydrogen-bond acceptors (Lipinski definition) is 3. The zero-order chi connectivity index (χ0) is 10.8. The van der Waals surface area contributed by atoms with E-state index in [4.69, 9.17) is 4.74 Å². The van der Waals surface area contributed by atoms with Crippen LogP contribution in [0.4, 0.5) is 0 Å². The molecule has 1 aromatic carbocycles. The number of rotatable bonds is 2. The van der Waals surface area contributed by atoms with Crippen LogP contribution in [0.5, 0.6) is 0 Å². The van der Waals surface area contributed by atoms with Crippen molar-refractivity contribution < 1.29 is 4.74 Å². The summed E-state index contributed by atoms with van der Waals surface area (Å²) in [5, 5.41) is 3.73. The fraction of sp³-hybridized carbons (Fsp3) is 0.538. The van der Waals surface area contributed by atoms with Crippen molar-refractivity contribution in [1.29, 1.82) is 0 Å². The van der Waals surface area contributed by atoms with E-state index in [0.29, 0.717) is 12.1 Å². The maximum Gasteiger partial charge on any atom is 0.0619 e. The Morgan fingerprint density at radius 1 is 1.31 bits per heavy atom. The fourth-order valence-corrected chi connectivity index (χ4v) is 3.63. The lowest BCUT2D eigenvalue weighted by atomic mass is 10.1. The molecule has 1 aromatic rings. The topological polar surface area (TPSA) is 21.3 Å². The average molecular weight is 235 g/mol. The number of ether oxygens (including phenoxy) is 1. The Bertz CT molecular complexity index is 363. The molecule has 86 valence electrons. The second-order valence-corrected chi connectivity index (χ2v) is 5.54. The Kier molecular flexibility index (Phi) is 3.18. The number of benzene rings is 1. The molecule has 16 heavy (non-hydrogen) atoms. The van der Waals surface area contributed by atoms with E-state index in [9.17, 15) is 0 Å². The van der Waals surface area contributed by atoms with E-state index in [1.807, 2.05) is 11.8 Å². The molecule has 0 spiro atoms. The zero-order valence-electron chi connectivity index (χ0n) is 9.32. The molecule has 0 aliphatic carbocycles. The summed E-state index contributed by atoms with van der Waals surface area (Å²) in [5.41, 5.74) is 1.47. The standard InChI is InChI=1S/C13H17NOS/c1-2-6-13-11(5-1)12(9-16-13)14-10-4-3-7-15-8-10/h1-2,5-6,10,12,14H,3-4,7-9H2. The van der Waals surface area contributed by atoms with Crippen molar-refractivity contribution in [3.8, 4) is 0 Å². The van der Waals surface area contributed by atoms with Crippen LogP contribution in [0.3, 0.4) is 0 Å². The first kappa shape index (κ1) is 10.6. The van der Waals surface area contributed by atoms with E-state index < -0.39 is 0 Å². The van der Waals surface area contributed by atoms with Crippen LogP contribution in [-0.2, 0) is 4.74 Å². The van der Waals surface area contributed by atoms with E-state index in [0.717, 1.165) is 19.0 Å². The number of thioether (sulfide) groups is 1. The molecule has 2 aliphatic rings. The molecular formula is C13H17NOS. The minimum Gasteiger partial charge on any atom is -0.380 e. The summed E-state index contributed by atoms with van der Waals surface area (Å²) in [6, 6.07) is 9.79. The molecule has 0 bridgehead atoms. The normalized spacial score (nSPS) is 29.0. The first-order valence-corrected chi connectivity index (χ1v) is 6.97. The highest BCUT2D eigenvalue weighted by molar-refractivity contribution is 7.99. The molecule has 3 heteroatoms. The van der Waals surface area contributed by atoms with Gasteiger partial charge >= 0.3 is 0 Å². The highest BCUT2D eigenvalue weighted by Crippen LogP contribution is 2.38. The van der Waals surface area contributed by atoms with E-state index in [-0.39, 0.29) is 0 Å². The first-order valence-electron chi connectivity index (χ1n) is 5.99. The van der Waals surface area contributed by atoms with Crippen LogP contribution in [0.2, 0.25) is 0 Å². The largest absolute Gasteiger partial charge is 0.380 e. The Morgan fingerprint density at radius 3 is 3.12 bits per heavy atom. The summed E-state index contributed by atoms with van der Waals surface area (Å²) in [4.78, 5) is 1.44. The van der Waals surface area contributed by atoms with Crippen molar-refractivity contribution in [3.63, 3.8) is 0 Å². The number of hydrogen-bond donors (Lipinski definition) is 1. The second kappa shape index (κ2) is 4.78. The highest BCUT2D eigenvalue weighted by atomic mass is 32.2. The fourth-order valence-electron chi connectivity index (χ4n) is 2.46. The number of fused-ring (bicyclic) bond motifs is 1. The summed E-state index contributed by atoms with van der Waals surface area (Å²) in [6.07, 6.45) is 2.45. The summed E-state index contributed by atoms with van der Waals surface area (Å²) in [7, 11) is 0. The summed E-state index contributed by atoms with van der Waals surface area (Å²) in [6.45, 7) is 1.82. The molecule has 2 atom stereocenters. The Labute approximate surface area is 101 Å². The molecule has 0 radical (unpaired) electrons. The van der Waals surface area contributed by atoms with E-state index in [1.165, 1.54) is 23.3 Å². The third-order valence-corrected chi connectivity index (χ3v) is 4.48. The summed E-state index contributed by atoms with van der Waals surface area (Å²) in [5.74, 6) is 1.16. The zero-order valence-corrected chi connectivity index (χ0v) is 10.1. The van der Waals surface area contributed by atoms with Gasteiger partial charge in [0.25, 0.3) is 0 Å². The van der Waals surface area contributed by atoms with Gasteiger partial charge in [-0.25, -0.2) is 0 Å². The van der Waals surface area contributed by atoms with Gasteiger partial charge in [0.05, 0.1) is 6.61 Å². The van der Waals surface area contributed by atoms with Crippen molar-refractivity contribution in [1.82, 2.24) is 5.32 Å². The van der Waals surface area contributed by atoms with Gasteiger partial charge in [-0.3, -0.25) is 0 Å². The Balaban J connectivity index is 1.68. The molecule has 0 saturated carbocycles. The molecule has 1 N–H and O–H groups in total. The van der Waals surface area contributed by atoms with Gasteiger partial charge in [-0.2, -0.15) is 0 Å². The minimum absolute atomic E-state index is 0.521. The molecule has 2 nitrogen and oxygen atoms in total. The van der Waals surface area contributed by atoms with E-state index >= 15 is 0 Å². The van der Waals surface area contributed by atoms with Crippen molar-refractivity contribution in [3.05, 3.63) is 29.8 Å². The maximum atomic E-state index is 5.51. The van der Waals surface area contributed by atoms with Gasteiger partial charge in [0.1, 0.15) is 0 Å². The van der Waals surface area contributed by atoms with Gasteiger partial charge in [0.15, 0.2) is 0 Å². The lowest BCUT2D eigenvalue weighted by Crippen LogP contribution is -2.39. The van der Waals surface area contributed by atoms with Crippen LogP contribution in [0, 0.1) is 0 Å². The third kappa shape index (κ3) is 2.12. The van der Waals surface area contributed by atoms with Crippen molar-refractivity contribution in [2.24, 2.45) is 0 Å². The summed E-state index contributed by atoms with van der Waals surface area (Å²) < 4.78 is 5.51.